The Hall–Kier alpha value is 0.850. The van der Waals surface area contributed by atoms with Crippen molar-refractivity contribution in [3.05, 3.63) is 0 Å². The first-order valence-electron chi connectivity index (χ1n) is 6.36. The molecule has 2 fully saturated rings. The molecule has 1 saturated carbocycles. The second-order valence-corrected chi connectivity index (χ2v) is 9.80. The summed E-state index contributed by atoms with van der Waals surface area (Å²) >= 11 is 2.22. The Morgan fingerprint density at radius 3 is 2.56 bits per heavy atom. The summed E-state index contributed by atoms with van der Waals surface area (Å²) in [7, 11) is 1.64. The molecule has 18 heavy (non-hydrogen) atoms. The van der Waals surface area contributed by atoms with Gasteiger partial charge >= 0.3 is 134 Å². The molecule has 0 aromatic rings. The van der Waals surface area contributed by atoms with E-state index in [0.717, 1.165) is 12.8 Å². The van der Waals surface area contributed by atoms with Crippen molar-refractivity contribution >= 4 is 28.6 Å². The van der Waals surface area contributed by atoms with E-state index in [-0.39, 0.29) is 33.7 Å². The Kier molecular flexibility index (Phi) is 5.53. The molecule has 1 saturated heterocycles. The van der Waals surface area contributed by atoms with Gasteiger partial charge in [0.25, 0.3) is 0 Å². The molecule has 1 aliphatic carbocycles. The fraction of sp³-hybridized carbons (Fsp3) is 0.917. The van der Waals surface area contributed by atoms with Crippen LogP contribution in [-0.4, -0.2) is 26.8 Å². The average molecular weight is 480 g/mol. The molecule has 1 aliphatic heterocycles. The van der Waals surface area contributed by atoms with Crippen LogP contribution in [0.25, 0.3) is 0 Å². The van der Waals surface area contributed by atoms with Crippen LogP contribution in [-0.2, 0) is 14.3 Å². The third-order valence-corrected chi connectivity index (χ3v) is 8.33. The van der Waals surface area contributed by atoms with Crippen molar-refractivity contribution in [2.45, 2.75) is 52.8 Å². The molecule has 4 nitrogen and oxygen atoms in total. The van der Waals surface area contributed by atoms with Crippen LogP contribution in [0.3, 0.4) is 0 Å². The molecule has 3 unspecified atom stereocenters. The number of ether oxygens (including phenoxy) is 2. The van der Waals surface area contributed by atoms with Gasteiger partial charge in [0.05, 0.1) is 0 Å². The van der Waals surface area contributed by atoms with E-state index in [0.29, 0.717) is 9.97 Å². The Morgan fingerprint density at radius 1 is 1.44 bits per heavy atom. The van der Waals surface area contributed by atoms with Crippen molar-refractivity contribution in [3.8, 4) is 0 Å². The maximum atomic E-state index is 12.2. The molecular formula is C12H20I2NO3-. The number of methoxy groups -OCH3 is 1. The van der Waals surface area contributed by atoms with Gasteiger partial charge < -0.3 is 0 Å². The minimum absolute atomic E-state index is 0.00577. The predicted octanol–water partition coefficient (Wildman–Crippen LogP) is -0.791. The van der Waals surface area contributed by atoms with Gasteiger partial charge in [0.15, 0.2) is 0 Å². The Balaban J connectivity index is 1.90. The summed E-state index contributed by atoms with van der Waals surface area (Å²) in [6.07, 6.45) is 5.60. The van der Waals surface area contributed by atoms with Crippen LogP contribution in [0.15, 0.2) is 0 Å². The summed E-state index contributed by atoms with van der Waals surface area (Å²) in [5.74, 6) is 0.247. The van der Waals surface area contributed by atoms with Gasteiger partial charge in [0.1, 0.15) is 0 Å². The molecule has 2 rings (SSSR count). The van der Waals surface area contributed by atoms with Crippen molar-refractivity contribution in [3.63, 3.8) is 0 Å². The van der Waals surface area contributed by atoms with Gasteiger partial charge in [-0.2, -0.15) is 0 Å². The summed E-state index contributed by atoms with van der Waals surface area (Å²) in [6.45, 7) is 1.95. The van der Waals surface area contributed by atoms with E-state index >= 15 is 0 Å². The van der Waals surface area contributed by atoms with Crippen LogP contribution >= 0.6 is 22.6 Å². The van der Waals surface area contributed by atoms with Gasteiger partial charge in [-0.3, -0.25) is 0 Å². The van der Waals surface area contributed by atoms with Gasteiger partial charge in [-0.05, 0) is 0 Å². The molecule has 2 aliphatic rings. The number of halogens is 2. The number of nitrogens with one attached hydrogen (secondary N) is 1. The monoisotopic (exact) mass is 480 g/mol. The van der Waals surface area contributed by atoms with Gasteiger partial charge in [0.2, 0.25) is 0 Å². The van der Waals surface area contributed by atoms with Crippen molar-refractivity contribution < 1.29 is 35.7 Å². The van der Waals surface area contributed by atoms with E-state index in [2.05, 4.69) is 26.1 Å². The topological polar surface area (TPSA) is 57.5 Å². The fourth-order valence-corrected chi connectivity index (χ4v) is 5.61. The number of alkyl halides is 2. The Bertz CT molecular complexity index is 302. The first-order chi connectivity index (χ1) is 8.55. The van der Waals surface area contributed by atoms with Crippen molar-refractivity contribution in [2.24, 2.45) is 5.92 Å². The van der Waals surface area contributed by atoms with Crippen LogP contribution in [0.4, 0.5) is 0 Å². The zero-order valence-electron chi connectivity index (χ0n) is 10.7. The number of hydrogen-bond acceptors (Lipinski definition) is 4. The quantitative estimate of drug-likeness (QED) is 0.107. The standard InChI is InChI=1S/C12H20I2NO3/c1-12(13,10-14-15-10)11(16)18-9(17-2)8-6-4-3-5-7-8/h8-10,15H,3-7H2,1-2H3/q-1. The Morgan fingerprint density at radius 2 is 2.06 bits per heavy atom. The molecule has 106 valence electrons. The zero-order valence-corrected chi connectivity index (χ0v) is 15.1. The molecular weight excluding hydrogens is 460 g/mol. The summed E-state index contributed by atoms with van der Waals surface area (Å²) in [4.78, 5) is 12.2. The molecule has 0 spiro atoms. The number of carbonyl (C=O) groups excluding carboxylic acids is 1. The maximum absolute atomic E-state index is 12.2. The first-order valence-corrected chi connectivity index (χ1v) is 9.76. The normalized spacial score (nSPS) is 29.8. The molecule has 0 bridgehead atoms. The minimum atomic E-state index is -0.434. The molecule has 1 heterocycles. The van der Waals surface area contributed by atoms with E-state index in [1.165, 1.54) is 19.3 Å². The van der Waals surface area contributed by atoms with Crippen LogP contribution < -0.4 is 25.0 Å². The third kappa shape index (κ3) is 3.69. The molecule has 0 amide bonds. The third-order valence-electron chi connectivity index (χ3n) is 3.58. The number of carbonyl (C=O) groups is 1. The zero-order chi connectivity index (χ0) is 13.2. The fourth-order valence-electron chi connectivity index (χ4n) is 2.30. The second-order valence-electron chi connectivity index (χ2n) is 5.06. The first kappa shape index (κ1) is 15.2. The number of hydrogen-bond donors (Lipinski definition) is 1. The molecule has 1 N–H and O–H groups in total. The summed E-state index contributed by atoms with van der Waals surface area (Å²) in [5.41, 5.74) is 0. The summed E-state index contributed by atoms with van der Waals surface area (Å²) in [6, 6.07) is 0. The van der Waals surface area contributed by atoms with Gasteiger partial charge in [0, 0.05) is 0 Å². The summed E-state index contributed by atoms with van der Waals surface area (Å²) in [5, 5.41) is 0. The Labute approximate surface area is 133 Å². The van der Waals surface area contributed by atoms with E-state index < -0.39 is 3.42 Å². The van der Waals surface area contributed by atoms with E-state index in [1.807, 2.05) is 6.92 Å². The van der Waals surface area contributed by atoms with Crippen LogP contribution in [0.1, 0.15) is 39.0 Å². The SMILES string of the molecule is COC(OC(=O)C(C)(I)C1N[I-]1)C1CCCCC1. The van der Waals surface area contributed by atoms with Gasteiger partial charge in [-0.25, -0.2) is 0 Å². The van der Waals surface area contributed by atoms with Crippen molar-refractivity contribution in [1.29, 1.82) is 0 Å². The van der Waals surface area contributed by atoms with E-state index in [9.17, 15) is 4.79 Å². The predicted molar refractivity (Wildman–Crippen MR) is 72.8 cm³/mol. The molecule has 0 aromatic heterocycles. The molecule has 3 atom stereocenters. The number of esters is 1. The van der Waals surface area contributed by atoms with Gasteiger partial charge in [-0.1, -0.05) is 0 Å². The molecule has 0 radical (unpaired) electrons. The van der Waals surface area contributed by atoms with Crippen molar-refractivity contribution in [1.82, 2.24) is 3.53 Å². The van der Waals surface area contributed by atoms with Crippen LogP contribution in [0, 0.1) is 5.92 Å². The average Bonchev–Trinajstić information content (AvgIpc) is 3.21. The second kappa shape index (κ2) is 6.53. The van der Waals surface area contributed by atoms with Crippen molar-refractivity contribution in [2.75, 3.05) is 7.11 Å². The van der Waals surface area contributed by atoms with E-state index in [1.54, 1.807) is 7.11 Å². The molecule has 6 heteroatoms. The van der Waals surface area contributed by atoms with Crippen LogP contribution in [0.5, 0.6) is 0 Å². The van der Waals surface area contributed by atoms with E-state index in [4.69, 9.17) is 9.47 Å². The summed E-state index contributed by atoms with van der Waals surface area (Å²) < 4.78 is 14.2. The molecule has 0 aromatic carbocycles. The van der Waals surface area contributed by atoms with Crippen LogP contribution in [0.2, 0.25) is 0 Å². The number of rotatable bonds is 5. The van der Waals surface area contributed by atoms with Gasteiger partial charge in [-0.15, -0.1) is 0 Å².